The van der Waals surface area contributed by atoms with Crippen LogP contribution in [0.2, 0.25) is 10.0 Å². The molecule has 124 valence electrons. The first-order valence-corrected chi connectivity index (χ1v) is 8.23. The van der Waals surface area contributed by atoms with E-state index in [0.717, 1.165) is 23.7 Å². The van der Waals surface area contributed by atoms with Crippen molar-refractivity contribution in [2.24, 2.45) is 4.99 Å². The van der Waals surface area contributed by atoms with Gasteiger partial charge in [0.1, 0.15) is 0 Å². The molecule has 1 N–H and O–H groups in total. The molecule has 0 saturated heterocycles. The van der Waals surface area contributed by atoms with Gasteiger partial charge in [0.15, 0.2) is 11.6 Å². The minimum Gasteiger partial charge on any atom is -0.263 e. The normalized spacial score (nSPS) is 11.9. The van der Waals surface area contributed by atoms with Gasteiger partial charge >= 0.3 is 5.69 Å². The number of H-pyrrole nitrogens is 1. The van der Waals surface area contributed by atoms with Crippen molar-refractivity contribution in [3.05, 3.63) is 78.9 Å². The summed E-state index contributed by atoms with van der Waals surface area (Å²) in [6, 6.07) is 8.28. The quantitative estimate of drug-likeness (QED) is 0.722. The van der Waals surface area contributed by atoms with E-state index < -0.39 is 17.3 Å². The van der Waals surface area contributed by atoms with Crippen LogP contribution in [0.5, 0.6) is 0 Å². The third-order valence-corrected chi connectivity index (χ3v) is 4.67. The second kappa shape index (κ2) is 6.88. The van der Waals surface area contributed by atoms with Gasteiger partial charge in [0.25, 0.3) is 0 Å². The molecule has 3 aromatic rings. The Labute approximate surface area is 148 Å². The van der Waals surface area contributed by atoms with E-state index >= 15 is 0 Å². The highest BCUT2D eigenvalue weighted by Gasteiger charge is 2.08. The monoisotopic (exact) mass is 387 g/mol. The van der Waals surface area contributed by atoms with E-state index in [4.69, 9.17) is 23.2 Å². The number of aromatic nitrogens is 2. The summed E-state index contributed by atoms with van der Waals surface area (Å²) in [5.41, 5.74) is 0.551. The molecule has 0 saturated carbocycles. The van der Waals surface area contributed by atoms with Crippen LogP contribution in [0.15, 0.2) is 46.2 Å². The topological polar surface area (TPSA) is 50.1 Å². The van der Waals surface area contributed by atoms with Gasteiger partial charge < -0.3 is 0 Å². The molecule has 24 heavy (non-hydrogen) atoms. The minimum atomic E-state index is -0.970. The number of nitrogens with one attached hydrogen (secondary N) is 1. The Morgan fingerprint density at radius 2 is 1.88 bits per heavy atom. The summed E-state index contributed by atoms with van der Waals surface area (Å²) in [4.78, 5) is 16.7. The fraction of sp³-hybridized carbons (Fsp3) is 0.0667. The van der Waals surface area contributed by atoms with Crippen LogP contribution in [0, 0.1) is 11.6 Å². The van der Waals surface area contributed by atoms with E-state index in [0.29, 0.717) is 26.1 Å². The molecule has 0 bridgehead atoms. The number of aromatic amines is 1. The second-order valence-electron chi connectivity index (χ2n) is 4.84. The Balaban J connectivity index is 2.02. The maximum Gasteiger partial charge on any atom is 0.337 e. The van der Waals surface area contributed by atoms with Gasteiger partial charge in [-0.1, -0.05) is 29.3 Å². The molecule has 2 aromatic carbocycles. The van der Waals surface area contributed by atoms with E-state index in [1.807, 2.05) is 0 Å². The predicted octanol–water partition coefficient (Wildman–Crippen LogP) is 4.10. The van der Waals surface area contributed by atoms with Gasteiger partial charge in [-0.05, 0) is 47.4 Å². The molecule has 0 radical (unpaired) electrons. The lowest BCUT2D eigenvalue weighted by molar-refractivity contribution is 0.506. The smallest absolute Gasteiger partial charge is 0.263 e. The minimum absolute atomic E-state index is 0.0518. The van der Waals surface area contributed by atoms with Crippen LogP contribution in [-0.4, -0.2) is 8.94 Å². The first-order chi connectivity index (χ1) is 11.4. The molecule has 0 fully saturated rings. The van der Waals surface area contributed by atoms with Crippen LogP contribution in [0.4, 0.5) is 14.5 Å². The van der Waals surface area contributed by atoms with E-state index in [-0.39, 0.29) is 6.54 Å². The lowest BCUT2D eigenvalue weighted by atomic mass is 10.2. The summed E-state index contributed by atoms with van der Waals surface area (Å²) in [5.74, 6) is -1.91. The zero-order valence-corrected chi connectivity index (χ0v) is 14.2. The highest BCUT2D eigenvalue weighted by molar-refractivity contribution is 7.02. The highest BCUT2D eigenvalue weighted by atomic mass is 35.5. The number of benzene rings is 2. The maximum absolute atomic E-state index is 13.3. The first-order valence-electron chi connectivity index (χ1n) is 6.66. The average Bonchev–Trinajstić information content (AvgIpc) is 2.87. The Bertz CT molecular complexity index is 1030. The van der Waals surface area contributed by atoms with Gasteiger partial charge in [0, 0.05) is 0 Å². The van der Waals surface area contributed by atoms with Crippen molar-refractivity contribution in [1.29, 1.82) is 0 Å². The second-order valence-corrected chi connectivity index (χ2v) is 6.42. The van der Waals surface area contributed by atoms with Crippen LogP contribution in [0.1, 0.15) is 5.56 Å². The van der Waals surface area contributed by atoms with E-state index in [9.17, 15) is 13.6 Å². The summed E-state index contributed by atoms with van der Waals surface area (Å²) >= 11 is 12.8. The fourth-order valence-corrected chi connectivity index (χ4v) is 2.98. The number of halogens is 4. The van der Waals surface area contributed by atoms with E-state index in [1.165, 1.54) is 10.6 Å². The van der Waals surface area contributed by atoms with Gasteiger partial charge in [-0.2, -0.15) is 0 Å². The number of nitrogens with zero attached hydrogens (tertiary/aromatic N) is 2. The Morgan fingerprint density at radius 1 is 1.08 bits per heavy atom. The summed E-state index contributed by atoms with van der Waals surface area (Å²) in [6.07, 6.45) is 0. The van der Waals surface area contributed by atoms with Crippen molar-refractivity contribution < 1.29 is 8.78 Å². The number of hydrogen-bond donors (Lipinski definition) is 1. The lowest BCUT2D eigenvalue weighted by Crippen LogP contribution is -2.27. The maximum atomic E-state index is 13.3. The number of rotatable bonds is 3. The van der Waals surface area contributed by atoms with Gasteiger partial charge in [-0.3, -0.25) is 8.94 Å². The molecule has 0 aliphatic rings. The highest BCUT2D eigenvalue weighted by Crippen LogP contribution is 2.26. The number of hydrogen-bond acceptors (Lipinski definition) is 3. The zero-order valence-electron chi connectivity index (χ0n) is 11.9. The summed E-state index contributed by atoms with van der Waals surface area (Å²) in [5, 5.41) is 0.737. The van der Waals surface area contributed by atoms with Gasteiger partial charge in [0.2, 0.25) is 4.80 Å². The molecule has 1 aromatic heterocycles. The molecular weight excluding hydrogens is 379 g/mol. The van der Waals surface area contributed by atoms with Gasteiger partial charge in [-0.25, -0.2) is 18.6 Å². The summed E-state index contributed by atoms with van der Waals surface area (Å²) in [6.45, 7) is 0.0518. The molecule has 4 nitrogen and oxygen atoms in total. The molecule has 0 aliphatic carbocycles. The molecule has 0 spiro atoms. The fourth-order valence-electron chi connectivity index (χ4n) is 1.99. The molecule has 0 unspecified atom stereocenters. The lowest BCUT2D eigenvalue weighted by Gasteiger charge is -2.03. The van der Waals surface area contributed by atoms with Crippen molar-refractivity contribution in [1.82, 2.24) is 8.94 Å². The summed E-state index contributed by atoms with van der Waals surface area (Å²) in [7, 11) is 0. The van der Waals surface area contributed by atoms with Crippen LogP contribution < -0.4 is 10.5 Å². The standard InChI is InChI=1S/C15H9Cl2F2N3OS/c16-10-3-2-9(6-11(10)17)20-15-22(14(23)21-24-15)7-8-1-4-12(18)13(19)5-8/h1-6H,7H2,(H,21,23)/b20-15+. The molecule has 1 heterocycles. The Kier molecular flexibility index (Phi) is 4.84. The van der Waals surface area contributed by atoms with Crippen molar-refractivity contribution >= 4 is 40.4 Å². The van der Waals surface area contributed by atoms with Gasteiger partial charge in [-0.15, -0.1) is 0 Å². The average molecular weight is 388 g/mol. The summed E-state index contributed by atoms with van der Waals surface area (Å²) < 4.78 is 30.2. The van der Waals surface area contributed by atoms with Gasteiger partial charge in [0.05, 0.1) is 22.3 Å². The third kappa shape index (κ3) is 3.58. The van der Waals surface area contributed by atoms with Crippen LogP contribution >= 0.6 is 34.7 Å². The van der Waals surface area contributed by atoms with Crippen molar-refractivity contribution in [3.8, 4) is 0 Å². The third-order valence-electron chi connectivity index (χ3n) is 3.16. The molecule has 0 aliphatic heterocycles. The molecule has 0 amide bonds. The van der Waals surface area contributed by atoms with Crippen molar-refractivity contribution in [3.63, 3.8) is 0 Å². The van der Waals surface area contributed by atoms with E-state index in [2.05, 4.69) is 9.37 Å². The molecule has 0 atom stereocenters. The van der Waals surface area contributed by atoms with Crippen LogP contribution in [0.25, 0.3) is 0 Å². The Morgan fingerprint density at radius 3 is 2.58 bits per heavy atom. The molecular formula is C15H9Cl2F2N3OS. The van der Waals surface area contributed by atoms with Crippen molar-refractivity contribution in [2.75, 3.05) is 0 Å². The predicted molar refractivity (Wildman–Crippen MR) is 90.1 cm³/mol. The first kappa shape index (κ1) is 16.9. The molecule has 9 heteroatoms. The zero-order chi connectivity index (χ0) is 17.3. The van der Waals surface area contributed by atoms with Crippen molar-refractivity contribution in [2.45, 2.75) is 6.54 Å². The largest absolute Gasteiger partial charge is 0.337 e. The Hall–Kier alpha value is -1.96. The molecule has 3 rings (SSSR count). The van der Waals surface area contributed by atoms with E-state index in [1.54, 1.807) is 18.2 Å². The van der Waals surface area contributed by atoms with Crippen LogP contribution in [0.3, 0.4) is 0 Å². The SMILES string of the molecule is O=c1[nH]s/c(=N/c2ccc(Cl)c(Cl)c2)n1Cc1ccc(F)c(F)c1. The van der Waals surface area contributed by atoms with Crippen LogP contribution in [-0.2, 0) is 6.54 Å².